The van der Waals surface area contributed by atoms with Gasteiger partial charge in [0.25, 0.3) is 0 Å². The molecular weight excluding hydrogens is 325 g/mol. The largest absolute Gasteiger partial charge is 0.380 e. The Kier molecular flexibility index (Phi) is 7.54. The van der Waals surface area contributed by atoms with Crippen molar-refractivity contribution in [2.45, 2.75) is 26.0 Å². The van der Waals surface area contributed by atoms with Gasteiger partial charge in [-0.05, 0) is 30.5 Å². The van der Waals surface area contributed by atoms with Crippen LogP contribution in [0.25, 0.3) is 0 Å². The highest BCUT2D eigenvalue weighted by Gasteiger charge is 2.05. The first-order valence-electron chi connectivity index (χ1n) is 6.58. The van der Waals surface area contributed by atoms with Crippen molar-refractivity contribution in [3.05, 3.63) is 35.1 Å². The van der Waals surface area contributed by atoms with Gasteiger partial charge in [-0.15, -0.1) is 17.0 Å². The van der Waals surface area contributed by atoms with E-state index in [1.807, 2.05) is 6.07 Å². The zero-order valence-corrected chi connectivity index (χ0v) is 13.3. The topological polar surface area (TPSA) is 45.6 Å². The summed E-state index contributed by atoms with van der Waals surface area (Å²) in [5.74, 6) is 0.602. The van der Waals surface area contributed by atoms with Gasteiger partial charge in [0.2, 0.25) is 0 Å². The van der Waals surface area contributed by atoms with Crippen molar-refractivity contribution < 1.29 is 9.13 Å². The molecular formula is C14H21BrFN3O. The van der Waals surface area contributed by atoms with Crippen molar-refractivity contribution in [2.24, 2.45) is 4.99 Å². The Labute approximate surface area is 129 Å². The molecule has 112 valence electrons. The molecule has 0 bridgehead atoms. The van der Waals surface area contributed by atoms with Gasteiger partial charge >= 0.3 is 0 Å². The predicted molar refractivity (Wildman–Crippen MR) is 83.8 cm³/mol. The second-order valence-corrected chi connectivity index (χ2v) is 4.58. The zero-order chi connectivity index (χ0) is 13.5. The van der Waals surface area contributed by atoms with E-state index in [1.54, 1.807) is 13.2 Å². The third kappa shape index (κ3) is 5.09. The quantitative estimate of drug-likeness (QED) is 0.880. The van der Waals surface area contributed by atoms with Crippen molar-refractivity contribution in [3.8, 4) is 0 Å². The molecule has 0 spiro atoms. The van der Waals surface area contributed by atoms with Crippen LogP contribution in [0.5, 0.6) is 0 Å². The zero-order valence-electron chi connectivity index (χ0n) is 11.6. The lowest BCUT2D eigenvalue weighted by atomic mass is 10.1. The van der Waals surface area contributed by atoms with Gasteiger partial charge < -0.3 is 15.4 Å². The molecule has 0 aromatic heterocycles. The number of benzene rings is 1. The molecule has 0 amide bonds. The van der Waals surface area contributed by atoms with Gasteiger partial charge in [-0.3, -0.25) is 4.99 Å². The summed E-state index contributed by atoms with van der Waals surface area (Å²) < 4.78 is 18.4. The molecule has 1 heterocycles. The van der Waals surface area contributed by atoms with Crippen molar-refractivity contribution in [1.29, 1.82) is 0 Å². The minimum absolute atomic E-state index is 0. The van der Waals surface area contributed by atoms with Gasteiger partial charge in [-0.1, -0.05) is 6.07 Å². The van der Waals surface area contributed by atoms with Gasteiger partial charge in [0.05, 0.1) is 6.61 Å². The molecule has 4 nitrogen and oxygen atoms in total. The average molecular weight is 346 g/mol. The number of guanidine groups is 1. The number of methoxy groups -OCH3 is 1. The highest BCUT2D eigenvalue weighted by atomic mass is 79.9. The Morgan fingerprint density at radius 2 is 2.25 bits per heavy atom. The first-order valence-corrected chi connectivity index (χ1v) is 6.58. The molecule has 0 saturated heterocycles. The van der Waals surface area contributed by atoms with E-state index in [0.717, 1.165) is 37.5 Å². The van der Waals surface area contributed by atoms with E-state index in [2.05, 4.69) is 15.6 Å². The number of nitrogens with zero attached hydrogens (tertiary/aromatic N) is 1. The summed E-state index contributed by atoms with van der Waals surface area (Å²) in [4.78, 5) is 4.41. The summed E-state index contributed by atoms with van der Waals surface area (Å²) in [5.41, 5.74) is 1.60. The van der Waals surface area contributed by atoms with Crippen LogP contribution in [0, 0.1) is 5.82 Å². The molecule has 2 N–H and O–H groups in total. The number of hydrogen-bond acceptors (Lipinski definition) is 4. The molecule has 1 aliphatic heterocycles. The molecule has 1 aromatic rings. The van der Waals surface area contributed by atoms with Crippen LogP contribution in [0.4, 0.5) is 4.39 Å². The van der Waals surface area contributed by atoms with Crippen molar-refractivity contribution in [1.82, 2.24) is 10.6 Å². The van der Waals surface area contributed by atoms with E-state index in [0.29, 0.717) is 18.7 Å². The molecule has 0 aliphatic carbocycles. The summed E-state index contributed by atoms with van der Waals surface area (Å²) in [5, 5.41) is 6.49. The number of nitrogens with one attached hydrogen (secondary N) is 2. The molecule has 1 aromatic carbocycles. The van der Waals surface area contributed by atoms with Crippen molar-refractivity contribution in [3.63, 3.8) is 0 Å². The van der Waals surface area contributed by atoms with E-state index in [1.165, 1.54) is 6.07 Å². The molecule has 0 unspecified atom stereocenters. The fraction of sp³-hybridized carbons (Fsp3) is 0.500. The van der Waals surface area contributed by atoms with Gasteiger partial charge in [0.15, 0.2) is 5.96 Å². The molecule has 6 heteroatoms. The Hall–Kier alpha value is -1.14. The minimum Gasteiger partial charge on any atom is -0.380 e. The highest BCUT2D eigenvalue weighted by molar-refractivity contribution is 8.93. The Balaban J connectivity index is 0.00000200. The van der Waals surface area contributed by atoms with Crippen LogP contribution in [-0.4, -0.2) is 26.2 Å². The van der Waals surface area contributed by atoms with Crippen LogP contribution in [0.3, 0.4) is 0 Å². The standard InChI is InChI=1S/C14H20FN3O.BrH/c1-19-10-12-8-11(4-5-13(12)15)9-18-14-16-6-2-3-7-17-14;/h4-5,8H,2-3,6-7,9-10H2,1H3,(H2,16,17,18);1H. The molecule has 2 rings (SSSR count). The lowest BCUT2D eigenvalue weighted by Gasteiger charge is -2.11. The van der Waals surface area contributed by atoms with Crippen molar-refractivity contribution in [2.75, 3.05) is 20.2 Å². The van der Waals surface area contributed by atoms with Crippen LogP contribution in [0.15, 0.2) is 23.2 Å². The van der Waals surface area contributed by atoms with E-state index < -0.39 is 0 Å². The fourth-order valence-electron chi connectivity index (χ4n) is 2.00. The van der Waals surface area contributed by atoms with Crippen LogP contribution in [0.1, 0.15) is 24.0 Å². The highest BCUT2D eigenvalue weighted by Crippen LogP contribution is 2.11. The first-order chi connectivity index (χ1) is 9.29. The lowest BCUT2D eigenvalue weighted by molar-refractivity contribution is 0.181. The summed E-state index contributed by atoms with van der Waals surface area (Å²) >= 11 is 0. The Morgan fingerprint density at radius 3 is 3.05 bits per heavy atom. The van der Waals surface area contributed by atoms with Crippen LogP contribution < -0.4 is 10.6 Å². The molecule has 0 fully saturated rings. The molecule has 0 radical (unpaired) electrons. The van der Waals surface area contributed by atoms with Gasteiger partial charge in [-0.25, -0.2) is 4.39 Å². The first kappa shape index (κ1) is 16.9. The maximum atomic E-state index is 13.5. The predicted octanol–water partition coefficient (Wildman–Crippen LogP) is 2.38. The van der Waals surface area contributed by atoms with E-state index >= 15 is 0 Å². The van der Waals surface area contributed by atoms with Gasteiger partial charge in [0, 0.05) is 32.3 Å². The number of rotatable bonds is 4. The average Bonchev–Trinajstić information content (AvgIpc) is 2.68. The smallest absolute Gasteiger partial charge is 0.191 e. The van der Waals surface area contributed by atoms with E-state index in [9.17, 15) is 4.39 Å². The number of hydrogen-bond donors (Lipinski definition) is 2. The van der Waals surface area contributed by atoms with Crippen LogP contribution in [0.2, 0.25) is 0 Å². The van der Waals surface area contributed by atoms with Gasteiger partial charge in [0.1, 0.15) is 5.82 Å². The lowest BCUT2D eigenvalue weighted by Crippen LogP contribution is -2.36. The Morgan fingerprint density at radius 1 is 1.40 bits per heavy atom. The van der Waals surface area contributed by atoms with Crippen LogP contribution in [-0.2, 0) is 17.9 Å². The maximum absolute atomic E-state index is 13.5. The second-order valence-electron chi connectivity index (χ2n) is 4.58. The number of halogens is 2. The molecule has 0 saturated carbocycles. The molecule has 0 atom stereocenters. The molecule has 1 aliphatic rings. The van der Waals surface area contributed by atoms with E-state index in [-0.39, 0.29) is 22.8 Å². The summed E-state index contributed by atoms with van der Waals surface area (Å²) in [6.07, 6.45) is 2.26. The number of ether oxygens (including phenoxy) is 1. The summed E-state index contributed by atoms with van der Waals surface area (Å²) in [6.45, 7) is 2.72. The monoisotopic (exact) mass is 345 g/mol. The van der Waals surface area contributed by atoms with E-state index in [4.69, 9.17) is 4.74 Å². The fourth-order valence-corrected chi connectivity index (χ4v) is 2.00. The second kappa shape index (κ2) is 8.92. The Bertz CT molecular complexity index is 454. The minimum atomic E-state index is -0.226. The van der Waals surface area contributed by atoms with Crippen molar-refractivity contribution >= 4 is 22.9 Å². The molecule has 20 heavy (non-hydrogen) atoms. The summed E-state index contributed by atoms with van der Waals surface area (Å²) in [7, 11) is 1.56. The third-order valence-corrected chi connectivity index (χ3v) is 3.02. The third-order valence-electron chi connectivity index (χ3n) is 3.02. The number of aliphatic imine (C=N–C) groups is 1. The maximum Gasteiger partial charge on any atom is 0.191 e. The summed E-state index contributed by atoms with van der Waals surface area (Å²) in [6, 6.07) is 5.08. The normalized spacial score (nSPS) is 14.6. The van der Waals surface area contributed by atoms with Crippen LogP contribution >= 0.6 is 17.0 Å². The van der Waals surface area contributed by atoms with Gasteiger partial charge in [-0.2, -0.15) is 0 Å². The SMILES string of the molecule is Br.COCc1cc(CNC2=NCCCCN2)ccc1F.